The topological polar surface area (TPSA) is 76.2 Å². The van der Waals surface area contributed by atoms with E-state index in [1.54, 1.807) is 36.1 Å². The highest BCUT2D eigenvalue weighted by atomic mass is 16.7. The van der Waals surface area contributed by atoms with Crippen molar-refractivity contribution in [3.8, 4) is 5.75 Å². The highest BCUT2D eigenvalue weighted by Gasteiger charge is 2.24. The molecule has 1 aromatic rings. The van der Waals surface area contributed by atoms with E-state index in [2.05, 4.69) is 6.92 Å². The van der Waals surface area contributed by atoms with E-state index in [9.17, 15) is 14.4 Å². The Labute approximate surface area is 153 Å². The van der Waals surface area contributed by atoms with E-state index in [0.717, 1.165) is 12.8 Å². The van der Waals surface area contributed by atoms with Crippen LogP contribution < -0.4 is 4.74 Å². The molecule has 1 aromatic carbocycles. The van der Waals surface area contributed by atoms with Crippen LogP contribution in [0.1, 0.15) is 43.5 Å². The first-order chi connectivity index (χ1) is 12.5. The Hall–Kier alpha value is -2.57. The van der Waals surface area contributed by atoms with Gasteiger partial charge in [-0.15, -0.1) is 0 Å². The van der Waals surface area contributed by atoms with Crippen LogP contribution in [0.3, 0.4) is 0 Å². The normalized spacial score (nSPS) is 14.1. The van der Waals surface area contributed by atoms with Crippen molar-refractivity contribution in [2.24, 2.45) is 0 Å². The minimum atomic E-state index is -0.768. The van der Waals surface area contributed by atoms with Crippen LogP contribution in [0.5, 0.6) is 5.75 Å². The van der Waals surface area contributed by atoms with E-state index in [-0.39, 0.29) is 18.4 Å². The summed E-state index contributed by atoms with van der Waals surface area (Å²) in [6, 6.07) is 6.37. The smallest absolute Gasteiger partial charge is 0.434 e. The molecule has 1 aliphatic rings. The van der Waals surface area contributed by atoms with Gasteiger partial charge in [-0.3, -0.25) is 9.59 Å². The number of carbonyl (C=O) groups is 3. The molecule has 1 saturated heterocycles. The third kappa shape index (κ3) is 5.47. The number of amides is 2. The molecule has 1 fully saturated rings. The van der Waals surface area contributed by atoms with Crippen LogP contribution in [0.2, 0.25) is 0 Å². The molecule has 2 amide bonds. The van der Waals surface area contributed by atoms with Crippen LogP contribution >= 0.6 is 0 Å². The lowest BCUT2D eigenvalue weighted by molar-refractivity contribution is -0.132. The summed E-state index contributed by atoms with van der Waals surface area (Å²) in [5, 5.41) is 0. The van der Waals surface area contributed by atoms with E-state index >= 15 is 0 Å². The van der Waals surface area contributed by atoms with Gasteiger partial charge in [0.15, 0.2) is 0 Å². The van der Waals surface area contributed by atoms with Crippen molar-refractivity contribution < 1.29 is 23.9 Å². The number of nitrogens with zero attached hydrogens (tertiary/aromatic N) is 2. The number of unbranched alkanes of at least 4 members (excludes halogenated alkanes) is 1. The molecule has 1 heterocycles. The fourth-order valence-electron chi connectivity index (χ4n) is 2.74. The first kappa shape index (κ1) is 19.8. The Morgan fingerprint density at radius 3 is 2.15 bits per heavy atom. The van der Waals surface area contributed by atoms with Crippen molar-refractivity contribution in [3.05, 3.63) is 29.8 Å². The van der Waals surface area contributed by atoms with Gasteiger partial charge < -0.3 is 19.3 Å². The van der Waals surface area contributed by atoms with Gasteiger partial charge in [0.05, 0.1) is 6.61 Å². The van der Waals surface area contributed by atoms with Crippen LogP contribution in [0.25, 0.3) is 0 Å². The molecular formula is C19H26N2O5. The number of hydrogen-bond donors (Lipinski definition) is 0. The number of carbonyl (C=O) groups excluding carboxylic acids is 3. The predicted octanol–water partition coefficient (Wildman–Crippen LogP) is 2.70. The molecule has 0 saturated carbocycles. The van der Waals surface area contributed by atoms with Gasteiger partial charge in [0.2, 0.25) is 5.91 Å². The van der Waals surface area contributed by atoms with Gasteiger partial charge >= 0.3 is 6.16 Å². The molecule has 142 valence electrons. The number of rotatable bonds is 6. The van der Waals surface area contributed by atoms with Crippen molar-refractivity contribution >= 4 is 18.0 Å². The largest absolute Gasteiger partial charge is 0.513 e. The number of ether oxygens (including phenoxy) is 2. The number of piperazine rings is 1. The zero-order valence-electron chi connectivity index (χ0n) is 15.4. The summed E-state index contributed by atoms with van der Waals surface area (Å²) in [5.74, 6) is 0.402. The van der Waals surface area contributed by atoms with Gasteiger partial charge in [0.1, 0.15) is 5.75 Å². The maximum atomic E-state index is 12.6. The summed E-state index contributed by atoms with van der Waals surface area (Å²) >= 11 is 0. The lowest BCUT2D eigenvalue weighted by Crippen LogP contribution is -2.50. The van der Waals surface area contributed by atoms with Gasteiger partial charge in [0, 0.05) is 38.2 Å². The van der Waals surface area contributed by atoms with Gasteiger partial charge in [-0.25, -0.2) is 4.79 Å². The molecule has 7 nitrogen and oxygen atoms in total. The summed E-state index contributed by atoms with van der Waals surface area (Å²) in [5.41, 5.74) is 0.520. The maximum absolute atomic E-state index is 12.6. The summed E-state index contributed by atoms with van der Waals surface area (Å²) in [6.07, 6.45) is 1.71. The minimum absolute atomic E-state index is 0.0895. The van der Waals surface area contributed by atoms with Crippen LogP contribution in [0.15, 0.2) is 24.3 Å². The van der Waals surface area contributed by atoms with Gasteiger partial charge in [-0.1, -0.05) is 13.3 Å². The van der Waals surface area contributed by atoms with Crippen molar-refractivity contribution in [2.45, 2.75) is 33.1 Å². The molecule has 0 radical (unpaired) electrons. The van der Waals surface area contributed by atoms with Crippen molar-refractivity contribution in [1.29, 1.82) is 0 Å². The maximum Gasteiger partial charge on any atom is 0.513 e. The van der Waals surface area contributed by atoms with Crippen molar-refractivity contribution in [2.75, 3.05) is 32.8 Å². The van der Waals surface area contributed by atoms with E-state index in [1.165, 1.54) is 0 Å². The monoisotopic (exact) mass is 362 g/mol. The lowest BCUT2D eigenvalue weighted by Gasteiger charge is -2.35. The van der Waals surface area contributed by atoms with Crippen LogP contribution in [0.4, 0.5) is 4.79 Å². The average Bonchev–Trinajstić information content (AvgIpc) is 2.66. The summed E-state index contributed by atoms with van der Waals surface area (Å²) < 4.78 is 9.68. The average molecular weight is 362 g/mol. The van der Waals surface area contributed by atoms with Crippen LogP contribution in [0, 0.1) is 0 Å². The molecular weight excluding hydrogens is 336 g/mol. The molecule has 0 aliphatic carbocycles. The second kappa shape index (κ2) is 9.79. The molecule has 7 heteroatoms. The van der Waals surface area contributed by atoms with Gasteiger partial charge in [-0.05, 0) is 37.6 Å². The van der Waals surface area contributed by atoms with E-state index in [0.29, 0.717) is 43.9 Å². The standard InChI is InChI=1S/C19H26N2O5/c1-3-5-6-17(22)20-11-13-21(14-12-20)18(23)15-7-9-16(10-8-15)26-19(24)25-4-2/h7-10H,3-6,11-14H2,1-2H3. The molecule has 2 rings (SSSR count). The van der Waals surface area contributed by atoms with E-state index in [1.807, 2.05) is 4.90 Å². The Kier molecular flexibility index (Phi) is 7.44. The van der Waals surface area contributed by atoms with Crippen LogP contribution in [-0.4, -0.2) is 60.6 Å². The second-order valence-electron chi connectivity index (χ2n) is 6.09. The highest BCUT2D eigenvalue weighted by Crippen LogP contribution is 2.16. The summed E-state index contributed by atoms with van der Waals surface area (Å²) in [6.45, 7) is 6.18. The zero-order valence-corrected chi connectivity index (χ0v) is 15.4. The predicted molar refractivity (Wildman–Crippen MR) is 96.1 cm³/mol. The summed E-state index contributed by atoms with van der Waals surface area (Å²) in [7, 11) is 0. The molecule has 0 spiro atoms. The first-order valence-corrected chi connectivity index (χ1v) is 9.06. The molecule has 0 aromatic heterocycles. The Balaban J connectivity index is 1.86. The Morgan fingerprint density at radius 1 is 0.962 bits per heavy atom. The fourth-order valence-corrected chi connectivity index (χ4v) is 2.74. The molecule has 0 bridgehead atoms. The zero-order chi connectivity index (χ0) is 18.9. The Bertz CT molecular complexity index is 621. The molecule has 0 N–H and O–H groups in total. The quantitative estimate of drug-likeness (QED) is 0.574. The van der Waals surface area contributed by atoms with E-state index in [4.69, 9.17) is 9.47 Å². The highest BCUT2D eigenvalue weighted by molar-refractivity contribution is 5.94. The second-order valence-corrected chi connectivity index (χ2v) is 6.09. The molecule has 0 atom stereocenters. The SMILES string of the molecule is CCCCC(=O)N1CCN(C(=O)c2ccc(OC(=O)OCC)cc2)CC1. The fraction of sp³-hybridized carbons (Fsp3) is 0.526. The van der Waals surface area contributed by atoms with Crippen LogP contribution in [-0.2, 0) is 9.53 Å². The molecule has 1 aliphatic heterocycles. The number of hydrogen-bond acceptors (Lipinski definition) is 5. The van der Waals surface area contributed by atoms with Gasteiger partial charge in [0.25, 0.3) is 5.91 Å². The van der Waals surface area contributed by atoms with Crippen molar-refractivity contribution in [3.63, 3.8) is 0 Å². The van der Waals surface area contributed by atoms with Gasteiger partial charge in [-0.2, -0.15) is 0 Å². The summed E-state index contributed by atoms with van der Waals surface area (Å²) in [4.78, 5) is 39.5. The molecule has 26 heavy (non-hydrogen) atoms. The molecule has 0 unspecified atom stereocenters. The Morgan fingerprint density at radius 2 is 1.58 bits per heavy atom. The third-order valence-corrected chi connectivity index (χ3v) is 4.23. The lowest BCUT2D eigenvalue weighted by atomic mass is 10.1. The number of benzene rings is 1. The van der Waals surface area contributed by atoms with E-state index < -0.39 is 6.16 Å². The minimum Gasteiger partial charge on any atom is -0.434 e. The third-order valence-electron chi connectivity index (χ3n) is 4.23. The first-order valence-electron chi connectivity index (χ1n) is 9.06. The van der Waals surface area contributed by atoms with Crippen molar-refractivity contribution in [1.82, 2.24) is 9.80 Å².